The number of hydrogen-bond acceptors (Lipinski definition) is 6. The molecule has 1 fully saturated rings. The van der Waals surface area contributed by atoms with Crippen molar-refractivity contribution in [1.82, 2.24) is 13.6 Å². The number of rotatable bonds is 3. The van der Waals surface area contributed by atoms with Crippen molar-refractivity contribution in [2.45, 2.75) is 12.5 Å². The molecule has 1 aliphatic heterocycles. The van der Waals surface area contributed by atoms with Gasteiger partial charge in [0.05, 0.1) is 27.5 Å². The Balaban J connectivity index is 1.61. The summed E-state index contributed by atoms with van der Waals surface area (Å²) in [4.78, 5) is 14.7. The first-order valence-corrected chi connectivity index (χ1v) is 7.63. The lowest BCUT2D eigenvalue weighted by atomic mass is 10.3. The van der Waals surface area contributed by atoms with Crippen LogP contribution in [0.15, 0.2) is 18.3 Å². The SMILES string of the molecule is O=C(c1ccc(Cl)s1)N1CCC(Oc2cnsn2)C1. The van der Waals surface area contributed by atoms with Gasteiger partial charge in [-0.3, -0.25) is 4.79 Å². The van der Waals surface area contributed by atoms with Crippen LogP contribution < -0.4 is 4.74 Å². The smallest absolute Gasteiger partial charge is 0.264 e. The van der Waals surface area contributed by atoms with Gasteiger partial charge in [-0.05, 0) is 12.1 Å². The van der Waals surface area contributed by atoms with Gasteiger partial charge in [0.15, 0.2) is 0 Å². The lowest BCUT2D eigenvalue weighted by Gasteiger charge is -2.15. The Bertz CT molecular complexity index is 572. The van der Waals surface area contributed by atoms with E-state index in [0.29, 0.717) is 28.2 Å². The molecule has 1 saturated heterocycles. The van der Waals surface area contributed by atoms with E-state index in [1.54, 1.807) is 23.2 Å². The maximum absolute atomic E-state index is 12.2. The van der Waals surface area contributed by atoms with Crippen molar-refractivity contribution in [1.29, 1.82) is 0 Å². The Hall–Kier alpha value is -1.18. The van der Waals surface area contributed by atoms with Crippen LogP contribution in [-0.2, 0) is 0 Å². The van der Waals surface area contributed by atoms with Crippen molar-refractivity contribution in [2.75, 3.05) is 13.1 Å². The molecule has 19 heavy (non-hydrogen) atoms. The number of carbonyl (C=O) groups excluding carboxylic acids is 1. The average molecular weight is 316 g/mol. The van der Waals surface area contributed by atoms with Gasteiger partial charge in [0.25, 0.3) is 5.91 Å². The Morgan fingerprint density at radius 1 is 1.53 bits per heavy atom. The van der Waals surface area contributed by atoms with Gasteiger partial charge in [-0.2, -0.15) is 4.37 Å². The molecule has 3 heterocycles. The minimum Gasteiger partial charge on any atom is -0.471 e. The molecule has 1 aliphatic rings. The average Bonchev–Trinajstić information content (AvgIpc) is 3.10. The van der Waals surface area contributed by atoms with E-state index in [1.807, 2.05) is 0 Å². The molecule has 1 atom stereocenters. The summed E-state index contributed by atoms with van der Waals surface area (Å²) in [6.07, 6.45) is 2.39. The van der Waals surface area contributed by atoms with Crippen molar-refractivity contribution in [2.24, 2.45) is 0 Å². The summed E-state index contributed by atoms with van der Waals surface area (Å²) in [5.74, 6) is 0.544. The van der Waals surface area contributed by atoms with Crippen molar-refractivity contribution in [3.63, 3.8) is 0 Å². The Labute approximate surface area is 123 Å². The Morgan fingerprint density at radius 3 is 3.11 bits per heavy atom. The topological polar surface area (TPSA) is 55.3 Å². The summed E-state index contributed by atoms with van der Waals surface area (Å²) in [6.45, 7) is 1.27. The highest BCUT2D eigenvalue weighted by molar-refractivity contribution is 7.17. The van der Waals surface area contributed by atoms with Gasteiger partial charge in [0.2, 0.25) is 5.88 Å². The molecule has 0 radical (unpaired) electrons. The molecule has 0 spiro atoms. The van der Waals surface area contributed by atoms with Gasteiger partial charge in [-0.1, -0.05) is 11.6 Å². The molecule has 0 aliphatic carbocycles. The summed E-state index contributed by atoms with van der Waals surface area (Å²) in [5, 5.41) is 0. The molecular formula is C11H10ClN3O2S2. The lowest BCUT2D eigenvalue weighted by molar-refractivity contribution is 0.0776. The first-order chi connectivity index (χ1) is 9.22. The van der Waals surface area contributed by atoms with Gasteiger partial charge in [0, 0.05) is 13.0 Å². The van der Waals surface area contributed by atoms with E-state index in [1.165, 1.54) is 11.3 Å². The zero-order valence-corrected chi connectivity index (χ0v) is 12.2. The summed E-state index contributed by atoms with van der Waals surface area (Å²) in [5.41, 5.74) is 0. The van der Waals surface area contributed by atoms with Gasteiger partial charge in [-0.15, -0.1) is 15.7 Å². The summed E-state index contributed by atoms with van der Waals surface area (Å²) in [7, 11) is 0. The molecule has 1 amide bonds. The molecule has 0 bridgehead atoms. The monoisotopic (exact) mass is 315 g/mol. The molecule has 1 unspecified atom stereocenters. The molecule has 0 saturated carbocycles. The third-order valence-corrected chi connectivity index (χ3v) is 4.53. The molecule has 2 aromatic rings. The first kappa shape index (κ1) is 12.8. The normalized spacial score (nSPS) is 18.8. The van der Waals surface area contributed by atoms with E-state index in [2.05, 4.69) is 8.75 Å². The van der Waals surface area contributed by atoms with Crippen molar-refractivity contribution < 1.29 is 9.53 Å². The van der Waals surface area contributed by atoms with Crippen LogP contribution in [0.5, 0.6) is 5.88 Å². The zero-order valence-electron chi connectivity index (χ0n) is 9.78. The van der Waals surface area contributed by atoms with Crippen molar-refractivity contribution in [3.8, 4) is 5.88 Å². The Morgan fingerprint density at radius 2 is 2.42 bits per heavy atom. The van der Waals surface area contributed by atoms with Crippen LogP contribution in [0.4, 0.5) is 0 Å². The summed E-state index contributed by atoms with van der Waals surface area (Å²) in [6, 6.07) is 3.50. The number of halogens is 1. The van der Waals surface area contributed by atoms with Gasteiger partial charge in [-0.25, -0.2) is 0 Å². The number of amides is 1. The van der Waals surface area contributed by atoms with Crippen LogP contribution >= 0.6 is 34.7 Å². The van der Waals surface area contributed by atoms with Gasteiger partial charge < -0.3 is 9.64 Å². The van der Waals surface area contributed by atoms with E-state index < -0.39 is 0 Å². The number of likely N-dealkylation sites (tertiary alicyclic amines) is 1. The lowest BCUT2D eigenvalue weighted by Crippen LogP contribution is -2.30. The van der Waals surface area contributed by atoms with E-state index in [4.69, 9.17) is 16.3 Å². The fourth-order valence-electron chi connectivity index (χ4n) is 1.97. The van der Waals surface area contributed by atoms with Crippen molar-refractivity contribution in [3.05, 3.63) is 27.5 Å². The number of carbonyl (C=O) groups is 1. The van der Waals surface area contributed by atoms with Crippen LogP contribution in [0.3, 0.4) is 0 Å². The third kappa shape index (κ3) is 2.88. The highest BCUT2D eigenvalue weighted by atomic mass is 35.5. The largest absolute Gasteiger partial charge is 0.471 e. The first-order valence-electron chi connectivity index (χ1n) is 5.71. The number of aromatic nitrogens is 2. The van der Waals surface area contributed by atoms with Gasteiger partial charge >= 0.3 is 0 Å². The summed E-state index contributed by atoms with van der Waals surface area (Å²) < 4.78 is 14.2. The maximum atomic E-state index is 12.2. The number of thiophene rings is 1. The van der Waals surface area contributed by atoms with Crippen LogP contribution in [-0.4, -0.2) is 38.7 Å². The number of nitrogens with zero attached hydrogens (tertiary/aromatic N) is 3. The minimum atomic E-state index is -0.0108. The van der Waals surface area contributed by atoms with E-state index in [-0.39, 0.29) is 12.0 Å². The highest BCUT2D eigenvalue weighted by Crippen LogP contribution is 2.25. The third-order valence-electron chi connectivity index (χ3n) is 2.84. The second kappa shape index (κ2) is 5.44. The molecular weight excluding hydrogens is 306 g/mol. The second-order valence-electron chi connectivity index (χ2n) is 4.13. The molecule has 0 aromatic carbocycles. The summed E-state index contributed by atoms with van der Waals surface area (Å²) >= 11 is 8.26. The van der Waals surface area contributed by atoms with E-state index >= 15 is 0 Å². The molecule has 3 rings (SSSR count). The molecule has 8 heteroatoms. The predicted octanol–water partition coefficient (Wildman–Crippen LogP) is 2.55. The Kier molecular flexibility index (Phi) is 3.67. The van der Waals surface area contributed by atoms with Crippen LogP contribution in [0.1, 0.15) is 16.1 Å². The molecule has 100 valence electrons. The maximum Gasteiger partial charge on any atom is 0.264 e. The highest BCUT2D eigenvalue weighted by Gasteiger charge is 2.29. The molecule has 0 N–H and O–H groups in total. The van der Waals surface area contributed by atoms with Crippen LogP contribution in [0, 0.1) is 0 Å². The molecule has 5 nitrogen and oxygen atoms in total. The number of hydrogen-bond donors (Lipinski definition) is 0. The van der Waals surface area contributed by atoms with E-state index in [9.17, 15) is 4.79 Å². The van der Waals surface area contributed by atoms with Crippen LogP contribution in [0.2, 0.25) is 4.34 Å². The molecule has 2 aromatic heterocycles. The van der Waals surface area contributed by atoms with Crippen LogP contribution in [0.25, 0.3) is 0 Å². The van der Waals surface area contributed by atoms with E-state index in [0.717, 1.165) is 18.1 Å². The fraction of sp³-hybridized carbons (Fsp3) is 0.364. The minimum absolute atomic E-state index is 0.0108. The number of ether oxygens (including phenoxy) is 1. The predicted molar refractivity (Wildman–Crippen MR) is 74.2 cm³/mol. The fourth-order valence-corrected chi connectivity index (χ4v) is 3.34. The zero-order chi connectivity index (χ0) is 13.2. The van der Waals surface area contributed by atoms with Crippen molar-refractivity contribution >= 4 is 40.6 Å². The second-order valence-corrected chi connectivity index (χ2v) is 6.40. The van der Waals surface area contributed by atoms with Gasteiger partial charge in [0.1, 0.15) is 12.3 Å². The quantitative estimate of drug-likeness (QED) is 0.873. The standard InChI is InChI=1S/C11H10ClN3O2S2/c12-9-2-1-8(18-9)11(16)15-4-3-7(6-15)17-10-5-13-19-14-10/h1-2,5,7H,3-4,6H2.